The summed E-state index contributed by atoms with van der Waals surface area (Å²) in [6, 6.07) is 20.3. The van der Waals surface area contributed by atoms with Crippen LogP contribution in [-0.2, 0) is 11.3 Å². The van der Waals surface area contributed by atoms with Gasteiger partial charge in [-0.3, -0.25) is 9.69 Å². The molecule has 0 atom stereocenters. The molecule has 3 aromatic rings. The highest BCUT2D eigenvalue weighted by atomic mass is 32.2. The maximum absolute atomic E-state index is 13.0. The molecule has 0 aliphatic carbocycles. The number of carbonyl (C=O) groups excluding carboxylic acids is 1. The van der Waals surface area contributed by atoms with E-state index >= 15 is 0 Å². The van der Waals surface area contributed by atoms with Gasteiger partial charge >= 0.3 is 0 Å². The topological polar surface area (TPSA) is 78.4 Å². The Kier molecular flexibility index (Phi) is 6.44. The van der Waals surface area contributed by atoms with Crippen LogP contribution in [0.25, 0.3) is 6.08 Å². The Labute approximate surface area is 183 Å². The molecule has 1 saturated heterocycles. The first-order valence-corrected chi connectivity index (χ1v) is 10.4. The molecular formula is C24H19N3O3S. The number of hydrogen-bond acceptors (Lipinski definition) is 6. The molecule has 1 aliphatic rings. The number of carbonyl (C=O) groups is 1. The number of phenolic OH excluding ortho intramolecular Hbond substituents is 1. The summed E-state index contributed by atoms with van der Waals surface area (Å²) in [7, 11) is 0. The molecule has 0 radical (unpaired) electrons. The molecule has 1 N–H and O–H groups in total. The Bertz CT molecular complexity index is 1170. The fourth-order valence-electron chi connectivity index (χ4n) is 2.84. The number of benzene rings is 2. The predicted octanol–water partition coefficient (Wildman–Crippen LogP) is 5.05. The van der Waals surface area contributed by atoms with E-state index in [0.29, 0.717) is 21.4 Å². The van der Waals surface area contributed by atoms with E-state index in [-0.39, 0.29) is 18.2 Å². The van der Waals surface area contributed by atoms with Crippen molar-refractivity contribution in [2.75, 3.05) is 0 Å². The summed E-state index contributed by atoms with van der Waals surface area (Å²) >= 11 is 1.24. The first-order chi connectivity index (χ1) is 15.2. The van der Waals surface area contributed by atoms with Gasteiger partial charge in [-0.05, 0) is 47.7 Å². The molecule has 2 aromatic carbocycles. The lowest BCUT2D eigenvalue weighted by Gasteiger charge is -2.12. The first-order valence-electron chi connectivity index (χ1n) is 9.55. The molecule has 1 aromatic heterocycles. The minimum Gasteiger partial charge on any atom is -0.507 e. The van der Waals surface area contributed by atoms with Gasteiger partial charge in [-0.25, -0.2) is 0 Å². The molecule has 31 heavy (non-hydrogen) atoms. The number of nitrogens with zero attached hydrogens (tertiary/aromatic N) is 3. The third-order valence-electron chi connectivity index (χ3n) is 4.39. The maximum Gasteiger partial charge on any atom is 0.267 e. The predicted molar refractivity (Wildman–Crippen MR) is 124 cm³/mol. The number of rotatable bonds is 6. The van der Waals surface area contributed by atoms with Crippen molar-refractivity contribution in [3.8, 4) is 5.75 Å². The summed E-state index contributed by atoms with van der Waals surface area (Å²) in [4.78, 5) is 15.0. The summed E-state index contributed by atoms with van der Waals surface area (Å²) in [5, 5.41) is 18.6. The highest BCUT2D eigenvalue weighted by Gasteiger charge is 2.33. The Morgan fingerprint density at radius 1 is 1.03 bits per heavy atom. The molecule has 1 fully saturated rings. The van der Waals surface area contributed by atoms with E-state index in [4.69, 9.17) is 4.42 Å². The van der Waals surface area contributed by atoms with Gasteiger partial charge in [0.1, 0.15) is 11.5 Å². The molecule has 0 saturated carbocycles. The van der Waals surface area contributed by atoms with Gasteiger partial charge in [0.05, 0.1) is 23.9 Å². The van der Waals surface area contributed by atoms with Gasteiger partial charge in [-0.15, -0.1) is 5.10 Å². The summed E-state index contributed by atoms with van der Waals surface area (Å²) in [5.74, 6) is 0.587. The number of amides is 1. The third-order valence-corrected chi connectivity index (χ3v) is 5.41. The van der Waals surface area contributed by atoms with Crippen LogP contribution in [0.15, 0.2) is 105 Å². The molecular weight excluding hydrogens is 410 g/mol. The monoisotopic (exact) mass is 429 g/mol. The smallest absolute Gasteiger partial charge is 0.267 e. The van der Waals surface area contributed by atoms with Gasteiger partial charge in [-0.1, -0.05) is 54.6 Å². The van der Waals surface area contributed by atoms with Gasteiger partial charge in [-0.2, -0.15) is 5.10 Å². The van der Waals surface area contributed by atoms with Crippen LogP contribution in [-0.4, -0.2) is 27.3 Å². The van der Waals surface area contributed by atoms with Crippen LogP contribution < -0.4 is 0 Å². The highest BCUT2D eigenvalue weighted by Crippen LogP contribution is 2.32. The zero-order valence-electron chi connectivity index (χ0n) is 16.5. The van der Waals surface area contributed by atoms with E-state index in [2.05, 4.69) is 10.2 Å². The quantitative estimate of drug-likeness (QED) is 0.338. The third kappa shape index (κ3) is 5.21. The Morgan fingerprint density at radius 3 is 2.61 bits per heavy atom. The van der Waals surface area contributed by atoms with Crippen LogP contribution >= 0.6 is 11.8 Å². The number of thioether (sulfide) groups is 1. The molecule has 7 heteroatoms. The number of furan rings is 1. The standard InChI is InChI=1S/C24H19N3O3S/c28-21-13-5-4-11-19(21)16-25-26-24-27(17-20-12-7-15-30-20)23(29)22(31-24)14-6-10-18-8-2-1-3-9-18/h1-16,28H,17H2/b10-6+,22-14-,25-16+,26-24-. The number of hydrogen-bond donors (Lipinski definition) is 1. The maximum atomic E-state index is 13.0. The molecule has 4 rings (SSSR count). The lowest BCUT2D eigenvalue weighted by molar-refractivity contribution is -0.122. The van der Waals surface area contributed by atoms with Crippen LogP contribution in [0.3, 0.4) is 0 Å². The molecule has 0 bridgehead atoms. The molecule has 1 amide bonds. The fourth-order valence-corrected chi connectivity index (χ4v) is 3.73. The lowest BCUT2D eigenvalue weighted by Crippen LogP contribution is -2.28. The van der Waals surface area contributed by atoms with Gasteiger partial charge in [0, 0.05) is 5.56 Å². The SMILES string of the molecule is O=C1/C(=C/C=C/c2ccccc2)S/C(=N\N=C\c2ccccc2O)N1Cc1ccco1. The highest BCUT2D eigenvalue weighted by molar-refractivity contribution is 8.18. The Hall–Kier alpha value is -3.84. The number of amidine groups is 1. The van der Waals surface area contributed by atoms with Gasteiger partial charge in [0.25, 0.3) is 5.91 Å². The molecule has 0 spiro atoms. The van der Waals surface area contributed by atoms with Crippen LogP contribution in [0, 0.1) is 0 Å². The molecule has 0 unspecified atom stereocenters. The first kappa shape index (κ1) is 20.4. The van der Waals surface area contributed by atoms with Crippen molar-refractivity contribution >= 4 is 35.1 Å². The van der Waals surface area contributed by atoms with E-state index in [9.17, 15) is 9.90 Å². The van der Waals surface area contributed by atoms with Gasteiger partial charge in [0.15, 0.2) is 5.17 Å². The second kappa shape index (κ2) is 9.77. The zero-order valence-corrected chi connectivity index (χ0v) is 17.3. The van der Waals surface area contributed by atoms with Crippen molar-refractivity contribution in [1.29, 1.82) is 0 Å². The van der Waals surface area contributed by atoms with Crippen LogP contribution in [0.5, 0.6) is 5.75 Å². The Balaban J connectivity index is 1.57. The lowest BCUT2D eigenvalue weighted by atomic mass is 10.2. The number of para-hydroxylation sites is 1. The molecule has 1 aliphatic heterocycles. The van der Waals surface area contributed by atoms with Crippen LogP contribution in [0.4, 0.5) is 0 Å². The average molecular weight is 430 g/mol. The summed E-state index contributed by atoms with van der Waals surface area (Å²) in [6.45, 7) is 0.253. The average Bonchev–Trinajstić information content (AvgIpc) is 3.40. The van der Waals surface area contributed by atoms with Crippen molar-refractivity contribution in [3.63, 3.8) is 0 Å². The van der Waals surface area contributed by atoms with E-state index < -0.39 is 0 Å². The second-order valence-corrected chi connectivity index (χ2v) is 7.57. The van der Waals surface area contributed by atoms with Crippen molar-refractivity contribution in [3.05, 3.63) is 107 Å². The normalized spacial score (nSPS) is 17.0. The number of aromatic hydroxyl groups is 1. The van der Waals surface area contributed by atoms with E-state index in [0.717, 1.165) is 5.56 Å². The largest absolute Gasteiger partial charge is 0.507 e. The van der Waals surface area contributed by atoms with E-state index in [1.807, 2.05) is 42.5 Å². The van der Waals surface area contributed by atoms with Crippen molar-refractivity contribution in [2.45, 2.75) is 6.54 Å². The minimum atomic E-state index is -0.171. The Morgan fingerprint density at radius 2 is 1.84 bits per heavy atom. The van der Waals surface area contributed by atoms with Crippen molar-refractivity contribution < 1.29 is 14.3 Å². The van der Waals surface area contributed by atoms with Gasteiger partial charge < -0.3 is 9.52 Å². The number of phenols is 1. The van der Waals surface area contributed by atoms with Crippen LogP contribution in [0.1, 0.15) is 16.9 Å². The molecule has 2 heterocycles. The van der Waals surface area contributed by atoms with Crippen LogP contribution in [0.2, 0.25) is 0 Å². The summed E-state index contributed by atoms with van der Waals surface area (Å²) in [6.07, 6.45) is 8.56. The van der Waals surface area contributed by atoms with E-state index in [1.54, 1.807) is 48.7 Å². The summed E-state index contributed by atoms with van der Waals surface area (Å²) in [5.41, 5.74) is 1.59. The molecule has 6 nitrogen and oxygen atoms in total. The molecule has 154 valence electrons. The second-order valence-electron chi connectivity index (χ2n) is 6.56. The summed E-state index contributed by atoms with van der Waals surface area (Å²) < 4.78 is 5.39. The van der Waals surface area contributed by atoms with Crippen molar-refractivity contribution in [1.82, 2.24) is 4.90 Å². The van der Waals surface area contributed by atoms with E-state index in [1.165, 1.54) is 22.9 Å². The van der Waals surface area contributed by atoms with Gasteiger partial charge in [0.2, 0.25) is 0 Å². The number of allylic oxidation sites excluding steroid dienone is 2. The minimum absolute atomic E-state index is 0.112. The van der Waals surface area contributed by atoms with Crippen molar-refractivity contribution in [2.24, 2.45) is 10.2 Å². The zero-order chi connectivity index (χ0) is 21.5. The fraction of sp³-hybridized carbons (Fsp3) is 0.0417.